The summed E-state index contributed by atoms with van der Waals surface area (Å²) >= 11 is 6.11. The van der Waals surface area contributed by atoms with Crippen LogP contribution in [0, 0.1) is 5.41 Å². The van der Waals surface area contributed by atoms with Crippen molar-refractivity contribution in [3.05, 3.63) is 29.4 Å². The third-order valence-corrected chi connectivity index (χ3v) is 4.25. The average molecular weight is 307 g/mol. The van der Waals surface area contributed by atoms with Crippen molar-refractivity contribution in [1.29, 1.82) is 0 Å². The van der Waals surface area contributed by atoms with Gasteiger partial charge in [0.25, 0.3) is 0 Å². The molecule has 0 saturated carbocycles. The maximum absolute atomic E-state index is 12.5. The Morgan fingerprint density at radius 2 is 1.81 bits per heavy atom. The lowest BCUT2D eigenvalue weighted by Gasteiger charge is -2.28. The zero-order valence-electron chi connectivity index (χ0n) is 12.2. The number of nitrogens with two attached hydrogens (primary N) is 1. The van der Waals surface area contributed by atoms with Gasteiger partial charge in [-0.3, -0.25) is 4.79 Å². The van der Waals surface area contributed by atoms with Gasteiger partial charge in [-0.05, 0) is 25.0 Å². The quantitative estimate of drug-likeness (QED) is 0.890. The number of anilines is 1. The highest BCUT2D eigenvalue weighted by Gasteiger charge is 2.34. The van der Waals surface area contributed by atoms with Crippen LogP contribution in [0.5, 0.6) is 0 Å². The van der Waals surface area contributed by atoms with E-state index in [1.807, 2.05) is 38.1 Å². The largest absolute Gasteiger partial charge is 0.329 e. The topological polar surface area (TPSA) is 80.9 Å². The summed E-state index contributed by atoms with van der Waals surface area (Å²) < 4.78 is 0. The maximum atomic E-state index is 12.5. The Morgan fingerprint density at radius 1 is 1.24 bits per heavy atom. The summed E-state index contributed by atoms with van der Waals surface area (Å²) in [5, 5.41) is 2.95. The van der Waals surface area contributed by atoms with E-state index in [0.29, 0.717) is 23.9 Å². The lowest BCUT2D eigenvalue weighted by molar-refractivity contribution is -0.125. The van der Waals surface area contributed by atoms with Crippen LogP contribution in [0.15, 0.2) is 24.3 Å². The maximum Gasteiger partial charge on any atom is 0.233 e. The molecule has 0 aliphatic rings. The summed E-state index contributed by atoms with van der Waals surface area (Å²) in [6.07, 6.45) is 1.31. The molecule has 0 unspecified atom stereocenters. The number of halogens is 1. The fraction of sp³-hybridized carbons (Fsp3) is 0.400. The number of hydrogen-bond donors (Lipinski definition) is 2. The number of carbonyl (C=O) groups excluding carboxylic acids is 1. The van der Waals surface area contributed by atoms with Crippen molar-refractivity contribution in [2.45, 2.75) is 26.7 Å². The molecule has 1 heterocycles. The van der Waals surface area contributed by atoms with Gasteiger partial charge < -0.3 is 11.1 Å². The van der Waals surface area contributed by atoms with Gasteiger partial charge in [0, 0.05) is 6.54 Å². The molecule has 0 radical (unpaired) electrons. The fourth-order valence-electron chi connectivity index (χ4n) is 2.25. The number of fused-ring (bicyclic) bond motifs is 1. The first-order chi connectivity index (χ1) is 10.1. The van der Waals surface area contributed by atoms with E-state index in [2.05, 4.69) is 15.3 Å². The molecule has 1 aromatic carbocycles. The molecule has 5 nitrogen and oxygen atoms in total. The molecule has 21 heavy (non-hydrogen) atoms. The van der Waals surface area contributed by atoms with Crippen molar-refractivity contribution in [3.63, 3.8) is 0 Å². The van der Waals surface area contributed by atoms with Crippen LogP contribution >= 0.6 is 11.6 Å². The van der Waals surface area contributed by atoms with Crippen LogP contribution < -0.4 is 11.1 Å². The van der Waals surface area contributed by atoms with Crippen LogP contribution in [0.1, 0.15) is 26.7 Å². The first kappa shape index (κ1) is 15.7. The number of nitrogens with zero attached hydrogens (tertiary/aromatic N) is 2. The Bertz CT molecular complexity index is 647. The first-order valence-electron chi connectivity index (χ1n) is 7.00. The van der Waals surface area contributed by atoms with Gasteiger partial charge in [-0.2, -0.15) is 0 Å². The molecule has 0 aliphatic carbocycles. The van der Waals surface area contributed by atoms with Crippen LogP contribution in [-0.2, 0) is 4.79 Å². The molecule has 0 aliphatic heterocycles. The molecule has 1 amide bonds. The molecular formula is C15H19ClN4O. The Balaban J connectivity index is 2.35. The second-order valence-electron chi connectivity index (χ2n) is 5.00. The predicted molar refractivity (Wildman–Crippen MR) is 85.2 cm³/mol. The zero-order chi connectivity index (χ0) is 15.5. The Labute approximate surface area is 128 Å². The molecule has 112 valence electrons. The van der Waals surface area contributed by atoms with E-state index in [4.69, 9.17) is 17.3 Å². The van der Waals surface area contributed by atoms with Crippen molar-refractivity contribution in [1.82, 2.24) is 9.97 Å². The van der Waals surface area contributed by atoms with Crippen LogP contribution in [-0.4, -0.2) is 22.4 Å². The number of nitrogens with one attached hydrogen (secondary N) is 1. The van der Waals surface area contributed by atoms with Gasteiger partial charge in [0.2, 0.25) is 5.91 Å². The first-order valence-corrected chi connectivity index (χ1v) is 7.38. The van der Waals surface area contributed by atoms with Gasteiger partial charge >= 0.3 is 0 Å². The van der Waals surface area contributed by atoms with Crippen molar-refractivity contribution in [3.8, 4) is 0 Å². The Hall–Kier alpha value is -1.72. The highest BCUT2D eigenvalue weighted by atomic mass is 35.5. The lowest BCUT2D eigenvalue weighted by Crippen LogP contribution is -2.41. The SMILES string of the molecule is CCC(CC)(CN)C(=O)Nc1nc2ccccc2nc1Cl. The number of amides is 1. The summed E-state index contributed by atoms with van der Waals surface area (Å²) in [5.74, 6) is 0.113. The van der Waals surface area contributed by atoms with Gasteiger partial charge in [-0.1, -0.05) is 37.6 Å². The second-order valence-corrected chi connectivity index (χ2v) is 5.36. The molecule has 3 N–H and O–H groups in total. The normalized spacial score (nSPS) is 11.6. The summed E-state index contributed by atoms with van der Waals surface area (Å²) in [7, 11) is 0. The molecule has 6 heteroatoms. The molecule has 2 aromatic rings. The van der Waals surface area contributed by atoms with Crippen molar-refractivity contribution in [2.24, 2.45) is 11.1 Å². The van der Waals surface area contributed by atoms with E-state index in [-0.39, 0.29) is 23.4 Å². The number of rotatable bonds is 5. The van der Waals surface area contributed by atoms with Gasteiger partial charge in [0.15, 0.2) is 11.0 Å². The van der Waals surface area contributed by atoms with Crippen LogP contribution in [0.4, 0.5) is 5.82 Å². The zero-order valence-corrected chi connectivity index (χ0v) is 12.9. The van der Waals surface area contributed by atoms with Crippen molar-refractivity contribution >= 4 is 34.4 Å². The van der Waals surface area contributed by atoms with E-state index < -0.39 is 5.41 Å². The highest BCUT2D eigenvalue weighted by Crippen LogP contribution is 2.28. The van der Waals surface area contributed by atoms with Crippen LogP contribution in [0.3, 0.4) is 0 Å². The monoisotopic (exact) mass is 306 g/mol. The highest BCUT2D eigenvalue weighted by molar-refractivity contribution is 6.32. The second kappa shape index (κ2) is 6.37. The molecule has 2 rings (SSSR count). The number of aromatic nitrogens is 2. The average Bonchev–Trinajstić information content (AvgIpc) is 2.50. The van der Waals surface area contributed by atoms with E-state index in [9.17, 15) is 4.79 Å². The smallest absolute Gasteiger partial charge is 0.233 e. The van der Waals surface area contributed by atoms with Crippen molar-refractivity contribution < 1.29 is 4.79 Å². The van der Waals surface area contributed by atoms with E-state index >= 15 is 0 Å². The van der Waals surface area contributed by atoms with Gasteiger partial charge in [0.05, 0.1) is 16.4 Å². The molecule has 1 aromatic heterocycles. The summed E-state index contributed by atoms with van der Waals surface area (Å²) in [4.78, 5) is 21.1. The van der Waals surface area contributed by atoms with E-state index in [1.54, 1.807) is 0 Å². The van der Waals surface area contributed by atoms with E-state index in [1.165, 1.54) is 0 Å². The van der Waals surface area contributed by atoms with Crippen LogP contribution in [0.2, 0.25) is 5.15 Å². The minimum absolute atomic E-state index is 0.165. The summed E-state index contributed by atoms with van der Waals surface area (Å²) in [6, 6.07) is 7.37. The van der Waals surface area contributed by atoms with Crippen LogP contribution in [0.25, 0.3) is 11.0 Å². The fourth-order valence-corrected chi connectivity index (χ4v) is 2.43. The van der Waals surface area contributed by atoms with Crippen molar-refractivity contribution in [2.75, 3.05) is 11.9 Å². The summed E-state index contributed by atoms with van der Waals surface area (Å²) in [6.45, 7) is 4.18. The van der Waals surface area contributed by atoms with Gasteiger partial charge in [-0.25, -0.2) is 9.97 Å². The number of benzene rings is 1. The number of hydrogen-bond acceptors (Lipinski definition) is 4. The predicted octanol–water partition coefficient (Wildman–Crippen LogP) is 2.99. The Kier molecular flexibility index (Phi) is 4.75. The molecule has 0 atom stereocenters. The van der Waals surface area contributed by atoms with Gasteiger partial charge in [-0.15, -0.1) is 0 Å². The molecule has 0 spiro atoms. The third kappa shape index (κ3) is 2.99. The summed E-state index contributed by atoms with van der Waals surface area (Å²) in [5.41, 5.74) is 6.56. The number of carbonyl (C=O) groups is 1. The standard InChI is InChI=1S/C15H19ClN4O/c1-3-15(4-2,9-17)14(21)20-13-12(16)18-10-7-5-6-8-11(10)19-13/h5-8H,3-4,9,17H2,1-2H3,(H,19,20,21). The molecule has 0 bridgehead atoms. The molecular weight excluding hydrogens is 288 g/mol. The molecule has 0 saturated heterocycles. The Morgan fingerprint density at radius 3 is 2.33 bits per heavy atom. The number of para-hydroxylation sites is 2. The minimum atomic E-state index is -0.601. The minimum Gasteiger partial charge on any atom is -0.329 e. The molecule has 0 fully saturated rings. The third-order valence-electron chi connectivity index (χ3n) is 3.99. The van der Waals surface area contributed by atoms with Gasteiger partial charge in [0.1, 0.15) is 0 Å². The van der Waals surface area contributed by atoms with E-state index in [0.717, 1.165) is 0 Å². The lowest BCUT2D eigenvalue weighted by atomic mass is 9.81.